The van der Waals surface area contributed by atoms with E-state index in [1.807, 2.05) is 0 Å². The minimum atomic E-state index is -1.23. The van der Waals surface area contributed by atoms with Gasteiger partial charge >= 0.3 is 6.09 Å². The number of nitrogens with zero attached hydrogens (tertiary/aromatic N) is 2. The van der Waals surface area contributed by atoms with Gasteiger partial charge in [-0.15, -0.1) is 0 Å². The molecule has 1 N–H and O–H groups in total. The smallest absolute Gasteiger partial charge is 0.416 e. The normalized spacial score (nSPS) is 10.1. The van der Waals surface area contributed by atoms with Crippen LogP contribution in [0.3, 0.4) is 0 Å². The van der Waals surface area contributed by atoms with Crippen LogP contribution < -0.4 is 0 Å². The molecule has 2 aromatic rings. The summed E-state index contributed by atoms with van der Waals surface area (Å²) in [6, 6.07) is 3.56. The first kappa shape index (κ1) is 10.1. The number of rotatable bonds is 1. The molecule has 2 rings (SSSR count). The summed E-state index contributed by atoms with van der Waals surface area (Å²) in [5, 5.41) is 9.12. The number of aromatic nitrogens is 1. The molecule has 0 aliphatic rings. The van der Waals surface area contributed by atoms with Gasteiger partial charge in [-0.25, -0.2) is 14.0 Å². The van der Waals surface area contributed by atoms with E-state index in [-0.39, 0.29) is 16.6 Å². The summed E-state index contributed by atoms with van der Waals surface area (Å²) in [6.45, 7) is 0. The number of carboxylic acid groups (broad SMARTS) is 1. The number of benzene rings is 1. The van der Waals surface area contributed by atoms with Gasteiger partial charge in [0, 0.05) is 11.6 Å². The van der Waals surface area contributed by atoms with Crippen LogP contribution in [0.25, 0.3) is 10.9 Å². The summed E-state index contributed by atoms with van der Waals surface area (Å²) < 4.78 is 13.8. The van der Waals surface area contributed by atoms with Crippen molar-refractivity contribution in [2.24, 2.45) is 4.99 Å². The van der Waals surface area contributed by atoms with Crippen LogP contribution in [0.1, 0.15) is 0 Å². The second-order valence-electron chi connectivity index (χ2n) is 3.03. The van der Waals surface area contributed by atoms with Gasteiger partial charge < -0.3 is 5.11 Å². The van der Waals surface area contributed by atoms with E-state index in [0.29, 0.717) is 0 Å². The molecule has 1 aromatic heterocycles. The zero-order chi connectivity index (χ0) is 11.7. The summed E-state index contributed by atoms with van der Waals surface area (Å²) >= 11 is 0. The molecule has 0 saturated carbocycles. The summed E-state index contributed by atoms with van der Waals surface area (Å²) in [5.74, 6) is -0.530. The van der Waals surface area contributed by atoms with E-state index < -0.39 is 11.9 Å². The lowest BCUT2D eigenvalue weighted by atomic mass is 10.2. The van der Waals surface area contributed by atoms with Gasteiger partial charge in [0.1, 0.15) is 11.5 Å². The molecule has 80 valence electrons. The van der Waals surface area contributed by atoms with Gasteiger partial charge in [0.05, 0.1) is 5.52 Å². The molecule has 0 spiro atoms. The van der Waals surface area contributed by atoms with Gasteiger partial charge in [0.2, 0.25) is 6.08 Å². The Morgan fingerprint density at radius 3 is 2.88 bits per heavy atom. The van der Waals surface area contributed by atoms with Crippen LogP contribution in [0, 0.1) is 5.82 Å². The molecule has 6 heteroatoms. The molecule has 0 aliphatic carbocycles. The van der Waals surface area contributed by atoms with Crippen molar-refractivity contribution >= 4 is 28.8 Å². The number of hydrogen-bond acceptors (Lipinski definition) is 3. The highest BCUT2D eigenvalue weighted by Crippen LogP contribution is 2.28. The molecule has 0 bridgehead atoms. The van der Waals surface area contributed by atoms with E-state index in [9.17, 15) is 14.0 Å². The Labute approximate surface area is 88.4 Å². The fraction of sp³-hybridized carbons (Fsp3) is 0. The maximum Gasteiger partial charge on any atom is 0.416 e. The van der Waals surface area contributed by atoms with E-state index in [0.717, 1.165) is 22.9 Å². The zero-order valence-electron chi connectivity index (χ0n) is 7.85. The lowest BCUT2D eigenvalue weighted by molar-refractivity contribution is 0.197. The monoisotopic (exact) mass is 220 g/mol. The molecule has 5 nitrogen and oxygen atoms in total. The Morgan fingerprint density at radius 2 is 2.25 bits per heavy atom. The summed E-state index contributed by atoms with van der Waals surface area (Å²) in [7, 11) is 0. The first-order chi connectivity index (χ1) is 7.63. The van der Waals surface area contributed by atoms with E-state index in [4.69, 9.17) is 5.11 Å². The van der Waals surface area contributed by atoms with Crippen LogP contribution in [0.15, 0.2) is 29.4 Å². The second-order valence-corrected chi connectivity index (χ2v) is 3.03. The number of hydrogen-bond donors (Lipinski definition) is 1. The largest absolute Gasteiger partial charge is 0.464 e. The van der Waals surface area contributed by atoms with Gasteiger partial charge in [-0.05, 0) is 18.2 Å². The lowest BCUT2D eigenvalue weighted by Crippen LogP contribution is -2.05. The lowest BCUT2D eigenvalue weighted by Gasteiger charge is -1.96. The maximum absolute atomic E-state index is 13.0. The number of fused-ring (bicyclic) bond motifs is 1. The highest BCUT2D eigenvalue weighted by atomic mass is 19.1. The van der Waals surface area contributed by atoms with Crippen molar-refractivity contribution in [3.63, 3.8) is 0 Å². The summed E-state index contributed by atoms with van der Waals surface area (Å²) in [4.78, 5) is 24.3. The molecular weight excluding hydrogens is 215 g/mol. The van der Waals surface area contributed by atoms with Crippen molar-refractivity contribution in [3.05, 3.63) is 30.2 Å². The third-order valence-corrected chi connectivity index (χ3v) is 2.12. The Bertz CT molecular complexity index is 626. The van der Waals surface area contributed by atoms with Crippen molar-refractivity contribution in [2.75, 3.05) is 0 Å². The molecule has 16 heavy (non-hydrogen) atoms. The quantitative estimate of drug-likeness (QED) is 0.591. The van der Waals surface area contributed by atoms with Crippen molar-refractivity contribution in [1.29, 1.82) is 0 Å². The Balaban J connectivity index is 2.86. The highest BCUT2D eigenvalue weighted by molar-refractivity contribution is 5.97. The standard InChI is InChI=1S/C10H5FN2O3/c11-6-1-2-9-7(3-6)8(12-5-14)4-13(9)10(15)16/h1-4H,(H,15,16). The molecule has 0 unspecified atom stereocenters. The van der Waals surface area contributed by atoms with Crippen LogP contribution in [-0.4, -0.2) is 21.8 Å². The highest BCUT2D eigenvalue weighted by Gasteiger charge is 2.12. The SMILES string of the molecule is O=C=Nc1cn(C(=O)O)c2ccc(F)cc12. The van der Waals surface area contributed by atoms with E-state index in [1.54, 1.807) is 0 Å². The van der Waals surface area contributed by atoms with Crippen molar-refractivity contribution in [1.82, 2.24) is 4.57 Å². The minimum Gasteiger partial charge on any atom is -0.464 e. The molecule has 1 aromatic carbocycles. The van der Waals surface area contributed by atoms with Crippen molar-refractivity contribution in [3.8, 4) is 0 Å². The van der Waals surface area contributed by atoms with Crippen LogP contribution in [0.5, 0.6) is 0 Å². The molecule has 0 saturated heterocycles. The third-order valence-electron chi connectivity index (χ3n) is 2.12. The minimum absolute atomic E-state index is 0.0758. The fourth-order valence-electron chi connectivity index (χ4n) is 1.48. The van der Waals surface area contributed by atoms with Crippen molar-refractivity contribution < 1.29 is 19.1 Å². The molecule has 0 fully saturated rings. The van der Waals surface area contributed by atoms with E-state index in [1.165, 1.54) is 12.1 Å². The average Bonchev–Trinajstić information content (AvgIpc) is 2.58. The Morgan fingerprint density at radius 1 is 1.50 bits per heavy atom. The van der Waals surface area contributed by atoms with Crippen LogP contribution in [-0.2, 0) is 4.79 Å². The topological polar surface area (TPSA) is 71.7 Å². The zero-order valence-corrected chi connectivity index (χ0v) is 7.85. The summed E-state index contributed by atoms with van der Waals surface area (Å²) in [6.07, 6.45) is 1.20. The number of halogens is 1. The van der Waals surface area contributed by atoms with Crippen LogP contribution in [0.4, 0.5) is 14.9 Å². The third kappa shape index (κ3) is 1.47. The average molecular weight is 220 g/mol. The van der Waals surface area contributed by atoms with Gasteiger partial charge in [0.25, 0.3) is 0 Å². The van der Waals surface area contributed by atoms with E-state index >= 15 is 0 Å². The van der Waals surface area contributed by atoms with Gasteiger partial charge in [-0.2, -0.15) is 4.99 Å². The summed E-state index contributed by atoms with van der Waals surface area (Å²) in [5.41, 5.74) is 0.342. The first-order valence-electron chi connectivity index (χ1n) is 4.25. The molecule has 0 atom stereocenters. The number of carbonyl (C=O) groups is 1. The molecule has 0 amide bonds. The predicted octanol–water partition coefficient (Wildman–Crippen LogP) is 2.27. The van der Waals surface area contributed by atoms with Crippen LogP contribution in [0.2, 0.25) is 0 Å². The Hall–Kier alpha value is -2.46. The number of isocyanates is 1. The van der Waals surface area contributed by atoms with E-state index in [2.05, 4.69) is 4.99 Å². The van der Waals surface area contributed by atoms with Gasteiger partial charge in [-0.1, -0.05) is 0 Å². The number of carbonyl (C=O) groups excluding carboxylic acids is 1. The van der Waals surface area contributed by atoms with Crippen molar-refractivity contribution in [2.45, 2.75) is 0 Å². The first-order valence-corrected chi connectivity index (χ1v) is 4.25. The van der Waals surface area contributed by atoms with Crippen LogP contribution >= 0.6 is 0 Å². The predicted molar refractivity (Wildman–Crippen MR) is 53.1 cm³/mol. The van der Waals surface area contributed by atoms with Gasteiger partial charge in [-0.3, -0.25) is 4.57 Å². The second kappa shape index (κ2) is 3.60. The number of aliphatic imine (C=N–C) groups is 1. The molecular formula is C10H5FN2O3. The van der Waals surface area contributed by atoms with Gasteiger partial charge in [0.15, 0.2) is 0 Å². The molecule has 0 radical (unpaired) electrons. The molecule has 0 aliphatic heterocycles. The fourth-order valence-corrected chi connectivity index (χ4v) is 1.48. The molecule has 1 heterocycles. The Kier molecular flexibility index (Phi) is 2.27. The maximum atomic E-state index is 13.0.